The van der Waals surface area contributed by atoms with Gasteiger partial charge in [-0.15, -0.1) is 0 Å². The van der Waals surface area contributed by atoms with Crippen molar-refractivity contribution in [3.8, 4) is 0 Å². The molecular formula is C18H18O3S. The minimum atomic E-state index is -1.66. The average molecular weight is 314 g/mol. The molecule has 2 aromatic rings. The molecule has 0 aromatic heterocycles. The highest BCUT2D eigenvalue weighted by molar-refractivity contribution is 7.87. The van der Waals surface area contributed by atoms with Crippen molar-refractivity contribution in [1.29, 1.82) is 0 Å². The van der Waals surface area contributed by atoms with Crippen molar-refractivity contribution in [2.24, 2.45) is 0 Å². The van der Waals surface area contributed by atoms with Gasteiger partial charge in [-0.1, -0.05) is 60.7 Å². The quantitative estimate of drug-likeness (QED) is 0.821. The Labute approximate surface area is 132 Å². The van der Waals surface area contributed by atoms with Gasteiger partial charge in [0.05, 0.1) is 10.8 Å². The molecule has 0 aliphatic rings. The summed E-state index contributed by atoms with van der Waals surface area (Å²) in [4.78, 5) is 24.1. The first-order valence-corrected chi connectivity index (χ1v) is 8.30. The summed E-state index contributed by atoms with van der Waals surface area (Å²) in [6, 6.07) is 18.0. The van der Waals surface area contributed by atoms with Crippen molar-refractivity contribution in [3.63, 3.8) is 0 Å². The van der Waals surface area contributed by atoms with E-state index in [9.17, 15) is 13.8 Å². The molecule has 4 heteroatoms. The maximum Gasteiger partial charge on any atom is 0.149 e. The molecule has 0 aliphatic carbocycles. The number of hydrogen-bond donors (Lipinski definition) is 0. The predicted octanol–water partition coefficient (Wildman–Crippen LogP) is 3.40. The molecule has 0 heterocycles. The SMILES string of the molecule is CC(=O)C(c1ccccc1)S(=O)C(C(C)=O)c1ccccc1. The van der Waals surface area contributed by atoms with E-state index in [-0.39, 0.29) is 11.6 Å². The van der Waals surface area contributed by atoms with E-state index in [1.165, 1.54) is 13.8 Å². The van der Waals surface area contributed by atoms with E-state index >= 15 is 0 Å². The van der Waals surface area contributed by atoms with Crippen LogP contribution in [-0.2, 0) is 20.4 Å². The molecule has 0 fully saturated rings. The van der Waals surface area contributed by atoms with Gasteiger partial charge < -0.3 is 0 Å². The van der Waals surface area contributed by atoms with Gasteiger partial charge >= 0.3 is 0 Å². The van der Waals surface area contributed by atoms with E-state index in [0.29, 0.717) is 11.1 Å². The summed E-state index contributed by atoms with van der Waals surface area (Å²) in [6.07, 6.45) is 0. The van der Waals surface area contributed by atoms with Gasteiger partial charge in [0.1, 0.15) is 22.1 Å². The van der Waals surface area contributed by atoms with E-state index < -0.39 is 21.3 Å². The zero-order valence-electron chi connectivity index (χ0n) is 12.6. The van der Waals surface area contributed by atoms with E-state index in [4.69, 9.17) is 0 Å². The lowest BCUT2D eigenvalue weighted by atomic mass is 10.1. The molecule has 0 aliphatic heterocycles. The zero-order valence-corrected chi connectivity index (χ0v) is 13.4. The fourth-order valence-corrected chi connectivity index (χ4v) is 4.23. The third-order valence-corrected chi connectivity index (χ3v) is 5.55. The third kappa shape index (κ3) is 3.57. The molecule has 2 unspecified atom stereocenters. The van der Waals surface area contributed by atoms with Crippen LogP contribution in [0.1, 0.15) is 35.5 Å². The van der Waals surface area contributed by atoms with Crippen LogP contribution >= 0.6 is 0 Å². The highest BCUT2D eigenvalue weighted by atomic mass is 32.2. The predicted molar refractivity (Wildman–Crippen MR) is 87.9 cm³/mol. The molecule has 114 valence electrons. The summed E-state index contributed by atoms with van der Waals surface area (Å²) in [5, 5.41) is -1.59. The first-order valence-electron chi connectivity index (χ1n) is 7.02. The maximum atomic E-state index is 13.0. The molecule has 2 aromatic carbocycles. The van der Waals surface area contributed by atoms with E-state index in [0.717, 1.165) is 0 Å². The molecule has 3 nitrogen and oxygen atoms in total. The topological polar surface area (TPSA) is 51.2 Å². The Balaban J connectivity index is 2.45. The van der Waals surface area contributed by atoms with Gasteiger partial charge in [-0.3, -0.25) is 13.8 Å². The summed E-state index contributed by atoms with van der Waals surface area (Å²) in [5.41, 5.74) is 1.35. The second kappa shape index (κ2) is 7.27. The number of benzene rings is 2. The summed E-state index contributed by atoms with van der Waals surface area (Å²) < 4.78 is 13.0. The van der Waals surface area contributed by atoms with Crippen LogP contribution < -0.4 is 0 Å². The lowest BCUT2D eigenvalue weighted by Crippen LogP contribution is -2.24. The Morgan fingerprint density at radius 3 is 1.32 bits per heavy atom. The van der Waals surface area contributed by atoms with E-state index in [1.807, 2.05) is 12.1 Å². The van der Waals surface area contributed by atoms with Crippen LogP contribution in [0.3, 0.4) is 0 Å². The van der Waals surface area contributed by atoms with Gasteiger partial charge in [-0.25, -0.2) is 0 Å². The van der Waals surface area contributed by atoms with Crippen molar-refractivity contribution in [2.45, 2.75) is 24.3 Å². The zero-order chi connectivity index (χ0) is 16.1. The summed E-state index contributed by atoms with van der Waals surface area (Å²) in [7, 11) is -1.66. The summed E-state index contributed by atoms with van der Waals surface area (Å²) in [5.74, 6) is -0.404. The van der Waals surface area contributed by atoms with E-state index in [1.54, 1.807) is 48.5 Å². The molecular weight excluding hydrogens is 296 g/mol. The number of rotatable bonds is 6. The highest BCUT2D eigenvalue weighted by Gasteiger charge is 2.33. The van der Waals surface area contributed by atoms with Crippen LogP contribution in [-0.4, -0.2) is 15.8 Å². The minimum Gasteiger partial charge on any atom is -0.298 e. The van der Waals surface area contributed by atoms with Crippen LogP contribution in [0, 0.1) is 0 Å². The van der Waals surface area contributed by atoms with Crippen molar-refractivity contribution in [2.75, 3.05) is 0 Å². The smallest absolute Gasteiger partial charge is 0.149 e. The van der Waals surface area contributed by atoms with E-state index in [2.05, 4.69) is 0 Å². The molecule has 0 radical (unpaired) electrons. The second-order valence-corrected chi connectivity index (χ2v) is 6.73. The normalized spacial score (nSPS) is 14.8. The largest absolute Gasteiger partial charge is 0.298 e. The average Bonchev–Trinajstić information content (AvgIpc) is 2.49. The van der Waals surface area contributed by atoms with Gasteiger partial charge in [0.25, 0.3) is 0 Å². The van der Waals surface area contributed by atoms with Crippen molar-refractivity contribution in [3.05, 3.63) is 71.8 Å². The first kappa shape index (κ1) is 16.3. The maximum absolute atomic E-state index is 13.0. The van der Waals surface area contributed by atoms with Gasteiger partial charge in [-0.2, -0.15) is 0 Å². The van der Waals surface area contributed by atoms with Crippen molar-refractivity contribution in [1.82, 2.24) is 0 Å². The minimum absolute atomic E-state index is 0.202. The second-order valence-electron chi connectivity index (χ2n) is 5.13. The lowest BCUT2D eigenvalue weighted by Gasteiger charge is -2.20. The number of Topliss-reactive ketones (excluding diaryl/α,β-unsaturated/α-hetero) is 2. The van der Waals surface area contributed by atoms with Crippen LogP contribution in [0.25, 0.3) is 0 Å². The summed E-state index contributed by atoms with van der Waals surface area (Å²) >= 11 is 0. The molecule has 2 atom stereocenters. The third-order valence-electron chi connectivity index (χ3n) is 3.41. The molecule has 0 N–H and O–H groups in total. The highest BCUT2D eigenvalue weighted by Crippen LogP contribution is 2.32. The number of hydrogen-bond acceptors (Lipinski definition) is 3. The standard InChI is InChI=1S/C18H18O3S/c1-13(19)17(15-9-5-3-6-10-15)22(21)18(14(2)20)16-11-7-4-8-12-16/h3-12,17-18H,1-2H3. The van der Waals surface area contributed by atoms with Gasteiger partial charge in [0, 0.05) is 0 Å². The lowest BCUT2D eigenvalue weighted by molar-refractivity contribution is -0.116. The van der Waals surface area contributed by atoms with Crippen LogP contribution in [0.5, 0.6) is 0 Å². The number of ketones is 2. The Morgan fingerprint density at radius 2 is 1.05 bits per heavy atom. The molecule has 0 saturated carbocycles. The van der Waals surface area contributed by atoms with Crippen LogP contribution in [0.4, 0.5) is 0 Å². The fraction of sp³-hybridized carbons (Fsp3) is 0.222. The molecule has 0 saturated heterocycles. The van der Waals surface area contributed by atoms with Crippen LogP contribution in [0.2, 0.25) is 0 Å². The number of carbonyl (C=O) groups excluding carboxylic acids is 2. The molecule has 0 amide bonds. The first-order chi connectivity index (χ1) is 10.5. The molecule has 22 heavy (non-hydrogen) atoms. The Bertz CT molecular complexity index is 620. The Morgan fingerprint density at radius 1 is 0.727 bits per heavy atom. The van der Waals surface area contributed by atoms with Crippen LogP contribution in [0.15, 0.2) is 60.7 Å². The van der Waals surface area contributed by atoms with Gasteiger partial charge in [-0.05, 0) is 25.0 Å². The van der Waals surface area contributed by atoms with Gasteiger partial charge in [0.2, 0.25) is 0 Å². The fourth-order valence-electron chi connectivity index (χ4n) is 2.46. The molecule has 0 spiro atoms. The Kier molecular flexibility index (Phi) is 5.39. The Hall–Kier alpha value is -2.07. The van der Waals surface area contributed by atoms with Crippen molar-refractivity contribution >= 4 is 22.4 Å². The molecule has 2 rings (SSSR count). The van der Waals surface area contributed by atoms with Crippen molar-refractivity contribution < 1.29 is 13.8 Å². The number of carbonyl (C=O) groups is 2. The summed E-state index contributed by atoms with van der Waals surface area (Å²) in [6.45, 7) is 2.83. The van der Waals surface area contributed by atoms with Gasteiger partial charge in [0.15, 0.2) is 0 Å². The molecule has 0 bridgehead atoms. The monoisotopic (exact) mass is 314 g/mol.